The number of fused-ring (bicyclic) bond motifs is 4. The first-order valence-electron chi connectivity index (χ1n) is 19.5. The molecule has 1 fully saturated rings. The third-order valence-corrected chi connectivity index (χ3v) is 12.8. The normalized spacial score (nSPS) is 17.6. The third kappa shape index (κ3) is 6.44. The van der Waals surface area contributed by atoms with Crippen LogP contribution in [0.25, 0.3) is 28.2 Å². The summed E-state index contributed by atoms with van der Waals surface area (Å²) in [6.45, 7) is 2.16. The monoisotopic (exact) mass is 751 g/mol. The van der Waals surface area contributed by atoms with Crippen molar-refractivity contribution >= 4 is 58.0 Å². The molecular weight excluding hydrogens is 711 g/mol. The van der Waals surface area contributed by atoms with Crippen molar-refractivity contribution in [3.8, 4) is 10.4 Å². The molecule has 5 nitrogen and oxygen atoms in total. The van der Waals surface area contributed by atoms with E-state index in [1.165, 1.54) is 58.3 Å². The summed E-state index contributed by atoms with van der Waals surface area (Å²) in [7, 11) is 0. The zero-order valence-corrected chi connectivity index (χ0v) is 32.0. The molecule has 1 saturated carbocycles. The predicted octanol–water partition coefficient (Wildman–Crippen LogP) is 12.3. The SMILES string of the molecule is CCCCc1cc(-c2ccc3c(c2)C2CCCC2N3c2ccc(C=C(c3ccccc3)c3ccccc3)cc2)sc1/C=C1\C(=O)c2ccc(C(=O)O)cc2C1=O. The van der Waals surface area contributed by atoms with E-state index in [0.29, 0.717) is 12.0 Å². The summed E-state index contributed by atoms with van der Waals surface area (Å²) in [5, 5.41) is 9.47. The lowest BCUT2D eigenvalue weighted by molar-refractivity contribution is 0.0696. The zero-order valence-electron chi connectivity index (χ0n) is 31.2. The number of carbonyl (C=O) groups excluding carboxylic acids is 2. The van der Waals surface area contributed by atoms with Crippen molar-refractivity contribution in [3.05, 3.63) is 182 Å². The molecule has 5 aromatic carbocycles. The van der Waals surface area contributed by atoms with E-state index < -0.39 is 11.8 Å². The molecule has 276 valence electrons. The van der Waals surface area contributed by atoms with Gasteiger partial charge in [0, 0.05) is 44.2 Å². The smallest absolute Gasteiger partial charge is 0.335 e. The molecule has 2 unspecified atom stereocenters. The van der Waals surface area contributed by atoms with Crippen molar-refractivity contribution < 1.29 is 19.5 Å². The van der Waals surface area contributed by atoms with Gasteiger partial charge in [0.15, 0.2) is 11.6 Å². The molecule has 0 spiro atoms. The molecule has 0 radical (unpaired) electrons. The number of unbranched alkanes of at least 4 members (excludes halogenated alkanes) is 1. The van der Waals surface area contributed by atoms with Crippen molar-refractivity contribution in [1.82, 2.24) is 0 Å². The van der Waals surface area contributed by atoms with Gasteiger partial charge in [0.05, 0.1) is 11.1 Å². The Morgan fingerprint density at radius 1 is 0.786 bits per heavy atom. The Bertz CT molecular complexity index is 2520. The van der Waals surface area contributed by atoms with Crippen LogP contribution in [0.5, 0.6) is 0 Å². The van der Waals surface area contributed by atoms with Gasteiger partial charge >= 0.3 is 5.97 Å². The van der Waals surface area contributed by atoms with Gasteiger partial charge in [0.2, 0.25) is 0 Å². The summed E-state index contributed by atoms with van der Waals surface area (Å²) in [6, 6.07) is 43.8. The van der Waals surface area contributed by atoms with Crippen molar-refractivity contribution in [2.24, 2.45) is 0 Å². The summed E-state index contributed by atoms with van der Waals surface area (Å²) in [6.07, 6.45) is 10.4. The average molecular weight is 752 g/mol. The Hall–Kier alpha value is -6.11. The number of anilines is 2. The number of aromatic carboxylic acids is 1. The highest BCUT2D eigenvalue weighted by Gasteiger charge is 2.42. The van der Waals surface area contributed by atoms with Gasteiger partial charge in [-0.15, -0.1) is 11.3 Å². The van der Waals surface area contributed by atoms with Crippen LogP contribution in [0.2, 0.25) is 0 Å². The number of allylic oxidation sites excluding steroid dienone is 1. The largest absolute Gasteiger partial charge is 0.478 e. The lowest BCUT2D eigenvalue weighted by Crippen LogP contribution is -2.26. The fourth-order valence-electron chi connectivity index (χ4n) is 8.80. The number of hydrogen-bond acceptors (Lipinski definition) is 5. The Kier molecular flexibility index (Phi) is 9.44. The van der Waals surface area contributed by atoms with E-state index in [1.807, 2.05) is 0 Å². The number of ketones is 2. The predicted molar refractivity (Wildman–Crippen MR) is 227 cm³/mol. The van der Waals surface area contributed by atoms with E-state index in [2.05, 4.69) is 127 Å². The van der Waals surface area contributed by atoms with Crippen molar-refractivity contribution in [1.29, 1.82) is 0 Å². The highest BCUT2D eigenvalue weighted by molar-refractivity contribution is 7.16. The van der Waals surface area contributed by atoms with Gasteiger partial charge in [-0.2, -0.15) is 0 Å². The highest BCUT2D eigenvalue weighted by Crippen LogP contribution is 2.53. The number of aryl methyl sites for hydroxylation is 1. The molecule has 6 heteroatoms. The molecule has 1 aliphatic heterocycles. The Morgan fingerprint density at radius 3 is 2.20 bits per heavy atom. The van der Waals surface area contributed by atoms with Crippen LogP contribution >= 0.6 is 11.3 Å². The molecule has 56 heavy (non-hydrogen) atoms. The minimum absolute atomic E-state index is 0.00157. The maximum absolute atomic E-state index is 13.5. The third-order valence-electron chi connectivity index (χ3n) is 11.6. The molecule has 3 aliphatic rings. The zero-order chi connectivity index (χ0) is 38.3. The number of Topliss-reactive ketones (excluding diaryl/α,β-unsaturated/α-hetero) is 2. The fraction of sp³-hybridized carbons (Fsp3) is 0.180. The van der Waals surface area contributed by atoms with Gasteiger partial charge in [-0.05, 0) is 125 Å². The minimum Gasteiger partial charge on any atom is -0.478 e. The second-order valence-corrected chi connectivity index (χ2v) is 16.1. The van der Waals surface area contributed by atoms with Crippen molar-refractivity contribution in [2.75, 3.05) is 4.90 Å². The van der Waals surface area contributed by atoms with Crippen LogP contribution in [0.1, 0.15) is 109 Å². The molecule has 2 aliphatic carbocycles. The van der Waals surface area contributed by atoms with Crippen LogP contribution < -0.4 is 4.90 Å². The van der Waals surface area contributed by atoms with Crippen molar-refractivity contribution in [2.45, 2.75) is 57.4 Å². The van der Waals surface area contributed by atoms with E-state index in [9.17, 15) is 19.5 Å². The molecule has 0 saturated heterocycles. The van der Waals surface area contributed by atoms with E-state index in [1.54, 1.807) is 17.4 Å². The fourth-order valence-corrected chi connectivity index (χ4v) is 9.95. The molecule has 1 aromatic heterocycles. The number of nitrogens with zero attached hydrogens (tertiary/aromatic N) is 1. The van der Waals surface area contributed by atoms with Gasteiger partial charge in [-0.3, -0.25) is 9.59 Å². The standard InChI is InChI=1S/C50H41NO4S/c1-2-3-11-34-29-46(56-47(34)30-43-48(52)39-24-20-36(50(54)55)28-42(39)49(43)53)35-21-25-45-41(27-35)38-16-10-17-44(38)51(45)37-22-18-31(19-23-37)26-40(32-12-6-4-7-13-32)33-14-8-5-9-15-33/h4-9,12-15,18-30,38,44H,2-3,10-11,16-17H2,1H3,(H,54,55)/b43-30+. The number of benzene rings is 5. The Balaban J connectivity index is 1.03. The molecule has 2 heterocycles. The lowest BCUT2D eigenvalue weighted by atomic mass is 9.95. The summed E-state index contributed by atoms with van der Waals surface area (Å²) < 4.78 is 0. The van der Waals surface area contributed by atoms with Gasteiger partial charge < -0.3 is 10.0 Å². The van der Waals surface area contributed by atoms with E-state index in [-0.39, 0.29) is 28.0 Å². The van der Waals surface area contributed by atoms with Gasteiger partial charge in [-0.1, -0.05) is 98.6 Å². The molecule has 0 bridgehead atoms. The number of carbonyl (C=O) groups is 3. The van der Waals surface area contributed by atoms with E-state index in [4.69, 9.17) is 0 Å². The highest BCUT2D eigenvalue weighted by atomic mass is 32.1. The van der Waals surface area contributed by atoms with Gasteiger partial charge in [0.1, 0.15) is 0 Å². The topological polar surface area (TPSA) is 74.7 Å². The first-order valence-corrected chi connectivity index (χ1v) is 20.4. The average Bonchev–Trinajstić information content (AvgIpc) is 4.00. The lowest BCUT2D eigenvalue weighted by Gasteiger charge is -2.27. The molecule has 2 atom stereocenters. The number of carboxylic acids is 1. The van der Waals surface area contributed by atoms with Crippen molar-refractivity contribution in [3.63, 3.8) is 0 Å². The van der Waals surface area contributed by atoms with Gasteiger partial charge in [-0.25, -0.2) is 4.79 Å². The maximum atomic E-state index is 13.5. The van der Waals surface area contributed by atoms with E-state index >= 15 is 0 Å². The summed E-state index contributed by atoms with van der Waals surface area (Å²) in [5.41, 5.74) is 11.4. The number of hydrogen-bond donors (Lipinski definition) is 1. The second kappa shape index (κ2) is 14.9. The second-order valence-electron chi connectivity index (χ2n) is 15.0. The molecule has 9 rings (SSSR count). The van der Waals surface area contributed by atoms with Crippen LogP contribution in [0.3, 0.4) is 0 Å². The molecule has 6 aromatic rings. The van der Waals surface area contributed by atoms with Gasteiger partial charge in [0.25, 0.3) is 0 Å². The number of rotatable bonds is 10. The molecule has 1 N–H and O–H groups in total. The molecule has 0 amide bonds. The quantitative estimate of drug-likeness (QED) is 0.0857. The Labute approximate surface area is 331 Å². The summed E-state index contributed by atoms with van der Waals surface area (Å²) >= 11 is 1.62. The molecular formula is C50H41NO4S. The maximum Gasteiger partial charge on any atom is 0.335 e. The first kappa shape index (κ1) is 35.6. The summed E-state index contributed by atoms with van der Waals surface area (Å²) in [4.78, 5) is 43.1. The number of carboxylic acid groups (broad SMARTS) is 1. The van der Waals surface area contributed by atoms with Crippen LogP contribution in [-0.4, -0.2) is 28.7 Å². The summed E-state index contributed by atoms with van der Waals surface area (Å²) in [5.74, 6) is -1.43. The van der Waals surface area contributed by atoms with Crippen LogP contribution in [0.15, 0.2) is 133 Å². The van der Waals surface area contributed by atoms with Crippen LogP contribution in [-0.2, 0) is 6.42 Å². The van der Waals surface area contributed by atoms with Crippen LogP contribution in [0, 0.1) is 0 Å². The number of thiophene rings is 1. The van der Waals surface area contributed by atoms with Crippen LogP contribution in [0.4, 0.5) is 11.4 Å². The Morgan fingerprint density at radius 2 is 1.50 bits per heavy atom. The van der Waals surface area contributed by atoms with E-state index in [0.717, 1.165) is 58.5 Å². The first-order chi connectivity index (χ1) is 27.4. The minimum atomic E-state index is -1.13.